The van der Waals surface area contributed by atoms with Crippen LogP contribution in [0.2, 0.25) is 0 Å². The molecule has 6 N–H and O–H groups in total. The van der Waals surface area contributed by atoms with Crippen molar-refractivity contribution in [3.05, 3.63) is 0 Å². The molecule has 0 aliphatic heterocycles. The Labute approximate surface area is 277 Å². The Bertz CT molecular complexity index is 808. The fraction of sp³-hybridized carbons (Fsp3) is 0.773. The van der Waals surface area contributed by atoms with E-state index in [-0.39, 0.29) is 59.1 Å². The molecule has 0 rings (SSSR count). The van der Waals surface area contributed by atoms with Crippen molar-refractivity contribution in [2.45, 2.75) is 101 Å². The maximum atomic E-state index is 10.3. The Hall–Kier alpha value is -0.820. The molecule has 0 bridgehead atoms. The second-order valence-electron chi connectivity index (χ2n) is 8.28. The van der Waals surface area contributed by atoms with E-state index in [4.69, 9.17) is 30.1 Å². The number of rotatable bonds is 19. The number of aliphatic hydroxyl groups excluding tert-OH is 1. The third-order valence-corrected chi connectivity index (χ3v) is 5.87. The quantitative estimate of drug-likeness (QED) is 0.0444. The number of carboxylic acid groups (broad SMARTS) is 5. The van der Waals surface area contributed by atoms with Crippen molar-refractivity contribution in [1.29, 1.82) is 0 Å². The van der Waals surface area contributed by atoms with E-state index >= 15 is 0 Å². The molecule has 0 aromatic carbocycles. The predicted octanol–water partition coefficient (Wildman–Crippen LogP) is -7.21. The van der Waals surface area contributed by atoms with Crippen LogP contribution in [0, 0.1) is 0 Å². The molecule has 40 heavy (non-hydrogen) atoms. The number of carboxylic acids is 5. The minimum absolute atomic E-state index is 0. The van der Waals surface area contributed by atoms with Crippen molar-refractivity contribution < 1.29 is 132 Å². The number of aliphatic carboxylic acids is 5. The summed E-state index contributed by atoms with van der Waals surface area (Å²) in [5.74, 6) is -9.15. The zero-order chi connectivity index (χ0) is 30.4. The van der Waals surface area contributed by atoms with Gasteiger partial charge in [0.25, 0.3) is 10.1 Å². The average molecular weight is 621 g/mol. The van der Waals surface area contributed by atoms with Gasteiger partial charge in [0.05, 0.1) is 6.42 Å². The number of unbranched alkanes of at least 4 members (excludes halogenated alkanes) is 9. The average Bonchev–Trinajstić information content (AvgIpc) is 2.75. The largest absolute Gasteiger partial charge is 1.00 e. The predicted molar refractivity (Wildman–Crippen MR) is 126 cm³/mol. The van der Waals surface area contributed by atoms with Crippen LogP contribution in [0.3, 0.4) is 0 Å². The second kappa shape index (κ2) is 28.3. The van der Waals surface area contributed by atoms with Crippen LogP contribution in [0.1, 0.15) is 90.4 Å². The molecule has 0 saturated heterocycles. The maximum absolute atomic E-state index is 10.3. The smallest absolute Gasteiger partial charge is 0.550 e. The Morgan fingerprint density at radius 3 is 1.30 bits per heavy atom. The monoisotopic (exact) mass is 620 g/mol. The first kappa shape index (κ1) is 48.9. The second-order valence-corrected chi connectivity index (χ2v) is 9.88. The van der Waals surface area contributed by atoms with E-state index < -0.39 is 70.1 Å². The van der Waals surface area contributed by atoms with Crippen molar-refractivity contribution in [1.82, 2.24) is 0 Å². The molecule has 0 fully saturated rings. The van der Waals surface area contributed by atoms with Crippen LogP contribution in [0.15, 0.2) is 0 Å². The Morgan fingerprint density at radius 1 is 0.750 bits per heavy atom. The molecule has 0 aliphatic rings. The molecule has 0 spiro atoms. The van der Waals surface area contributed by atoms with E-state index in [0.29, 0.717) is 6.61 Å². The number of carbonyl (C=O) groups is 5. The van der Waals surface area contributed by atoms with Crippen LogP contribution in [0.5, 0.6) is 0 Å². The standard InChI is InChI=1S/C12H26O.C6H8O7.C4H6O7S.2Na/c1-2-3-4-5-6-7-8-9-10-11-12-13;7-3(8)1-6(13,5(11)12)2-4(9)10;5-3(6)1-2(4(7)8)12(9,10)11;;/h13H,2-12H2,1H3;13H,1-2H2,(H,7,8)(H,9,10)(H,11,12);2H,1H2,(H,5,6)(H,7,8)(H,9,10,11);;/q;;;2*+1/p-2. The van der Waals surface area contributed by atoms with E-state index in [1.807, 2.05) is 0 Å². The van der Waals surface area contributed by atoms with Crippen LogP contribution >= 0.6 is 0 Å². The summed E-state index contributed by atoms with van der Waals surface area (Å²) in [4.78, 5) is 50.2. The normalized spacial score (nSPS) is 11.1. The first-order valence-electron chi connectivity index (χ1n) is 11.8. The number of hydrogen-bond acceptors (Lipinski definition) is 11. The van der Waals surface area contributed by atoms with Gasteiger partial charge in [-0.2, -0.15) is 8.42 Å². The minimum Gasteiger partial charge on any atom is -0.550 e. The van der Waals surface area contributed by atoms with Crippen LogP contribution in [-0.4, -0.2) is 85.8 Å². The van der Waals surface area contributed by atoms with E-state index in [2.05, 4.69) is 6.92 Å². The first-order chi connectivity index (χ1) is 17.4. The summed E-state index contributed by atoms with van der Waals surface area (Å²) in [6.45, 7) is 2.63. The number of carbonyl (C=O) groups excluding carboxylic acids is 2. The first-order valence-corrected chi connectivity index (χ1v) is 13.3. The van der Waals surface area contributed by atoms with E-state index in [1.165, 1.54) is 57.8 Å². The molecule has 0 heterocycles. The van der Waals surface area contributed by atoms with Crippen molar-refractivity contribution >= 4 is 40.0 Å². The zero-order valence-electron chi connectivity index (χ0n) is 23.2. The molecule has 18 heteroatoms. The van der Waals surface area contributed by atoms with Gasteiger partial charge in [0.15, 0.2) is 10.9 Å². The molecule has 15 nitrogen and oxygen atoms in total. The van der Waals surface area contributed by atoms with Crippen molar-refractivity contribution in [3.8, 4) is 0 Å². The summed E-state index contributed by atoms with van der Waals surface area (Å²) in [6.07, 6.45) is 9.55. The Kier molecular flexibility index (Phi) is 34.6. The molecular weight excluding hydrogens is 582 g/mol. The molecule has 0 amide bonds. The summed E-state index contributed by atoms with van der Waals surface area (Å²) in [5.41, 5.74) is -2.86. The summed E-state index contributed by atoms with van der Waals surface area (Å²) < 4.78 is 28.7. The molecule has 0 saturated carbocycles. The molecular formula is C22H38Na2O15S. The molecule has 0 aromatic heterocycles. The Balaban J connectivity index is -0.000000150. The van der Waals surface area contributed by atoms with Gasteiger partial charge >= 0.3 is 77.0 Å². The van der Waals surface area contributed by atoms with E-state index in [1.54, 1.807) is 0 Å². The number of aliphatic hydroxyl groups is 2. The van der Waals surface area contributed by atoms with Crippen LogP contribution in [-0.2, 0) is 34.1 Å². The van der Waals surface area contributed by atoms with Crippen LogP contribution in [0.4, 0.5) is 0 Å². The van der Waals surface area contributed by atoms with Crippen molar-refractivity contribution in [3.63, 3.8) is 0 Å². The van der Waals surface area contributed by atoms with Crippen LogP contribution in [0.25, 0.3) is 0 Å². The molecule has 0 aromatic rings. The molecule has 1 unspecified atom stereocenters. The van der Waals surface area contributed by atoms with Gasteiger partial charge in [-0.1, -0.05) is 64.7 Å². The minimum atomic E-state index is -4.84. The zero-order valence-corrected chi connectivity index (χ0v) is 28.1. The van der Waals surface area contributed by atoms with E-state index in [9.17, 15) is 42.6 Å². The van der Waals surface area contributed by atoms with Crippen molar-refractivity contribution in [2.75, 3.05) is 6.61 Å². The van der Waals surface area contributed by atoms with Gasteiger partial charge in [0.1, 0.15) is 0 Å². The number of hydrogen-bond donors (Lipinski definition) is 6. The third kappa shape index (κ3) is 31.7. The summed E-state index contributed by atoms with van der Waals surface area (Å²) in [6, 6.07) is 0. The summed E-state index contributed by atoms with van der Waals surface area (Å²) in [5, 5.41) is 59.7. The Morgan fingerprint density at radius 2 is 1.10 bits per heavy atom. The molecule has 1 atom stereocenters. The van der Waals surface area contributed by atoms with Gasteiger partial charge in [-0.25, -0.2) is 4.79 Å². The van der Waals surface area contributed by atoms with Gasteiger partial charge < -0.3 is 45.3 Å². The van der Waals surface area contributed by atoms with E-state index in [0.717, 1.165) is 6.42 Å². The van der Waals surface area contributed by atoms with Crippen LogP contribution < -0.4 is 69.3 Å². The fourth-order valence-corrected chi connectivity index (χ4v) is 3.38. The van der Waals surface area contributed by atoms with Crippen molar-refractivity contribution in [2.24, 2.45) is 0 Å². The molecule has 0 aliphatic carbocycles. The fourth-order valence-electron chi connectivity index (χ4n) is 2.77. The third-order valence-electron chi connectivity index (χ3n) is 4.78. The maximum Gasteiger partial charge on any atom is 1.00 e. The van der Waals surface area contributed by atoms with Gasteiger partial charge in [0.2, 0.25) is 0 Å². The molecule has 224 valence electrons. The topological polar surface area (TPSA) is 287 Å². The van der Waals surface area contributed by atoms with Gasteiger partial charge in [-0.3, -0.25) is 14.1 Å². The molecule has 0 radical (unpaired) electrons. The summed E-state index contributed by atoms with van der Waals surface area (Å²) in [7, 11) is -4.84. The summed E-state index contributed by atoms with van der Waals surface area (Å²) >= 11 is 0. The van der Waals surface area contributed by atoms with Gasteiger partial charge in [0, 0.05) is 31.4 Å². The SMILES string of the molecule is CCCCCCCCCCCCO.O=C(O)CC(C(=O)O)S(=O)(=O)O.O=C([O-])CC(O)(CC(=O)[O-])C(=O)O.[Na+].[Na+]. The van der Waals surface area contributed by atoms with Gasteiger partial charge in [-0.15, -0.1) is 0 Å². The van der Waals surface area contributed by atoms with Gasteiger partial charge in [-0.05, 0) is 6.42 Å².